The van der Waals surface area contributed by atoms with Crippen molar-refractivity contribution in [3.63, 3.8) is 0 Å². The molecule has 5 rings (SSSR count). The number of hydrogen-bond donors (Lipinski definition) is 1. The molecular weight excluding hydrogens is 382 g/mol. The number of rotatable bonds is 3. The minimum Gasteiger partial charge on any atom is -0.462 e. The number of carbonyl (C=O) groups is 2. The highest BCUT2D eigenvalue weighted by Gasteiger charge is 2.53. The van der Waals surface area contributed by atoms with E-state index in [0.717, 1.165) is 11.3 Å². The highest BCUT2D eigenvalue weighted by Crippen LogP contribution is 2.56. The molecule has 0 aliphatic carbocycles. The van der Waals surface area contributed by atoms with E-state index in [1.165, 1.54) is 0 Å². The van der Waals surface area contributed by atoms with Gasteiger partial charge in [-0.3, -0.25) is 0 Å². The molecule has 150 valence electrons. The van der Waals surface area contributed by atoms with Crippen molar-refractivity contribution in [3.05, 3.63) is 88.5 Å². The standard InChI is InChI=1S/C24H19NO5/c1-3-28-22(26)14-8-11-20-19(12-14)24(17-7-5-4-6-16(17)23(27)30-24)18-10-9-15(25-2)13-21(18)29-20/h4-13,25H,3H2,1-2H3. The van der Waals surface area contributed by atoms with Crippen molar-refractivity contribution in [3.8, 4) is 11.5 Å². The van der Waals surface area contributed by atoms with Crippen LogP contribution in [0.25, 0.3) is 0 Å². The molecule has 0 fully saturated rings. The zero-order valence-corrected chi connectivity index (χ0v) is 16.5. The molecule has 0 saturated carbocycles. The first-order chi connectivity index (χ1) is 14.6. The van der Waals surface area contributed by atoms with Gasteiger partial charge in [0, 0.05) is 35.5 Å². The second kappa shape index (κ2) is 6.62. The minimum atomic E-state index is -1.20. The Kier molecular flexibility index (Phi) is 4.03. The van der Waals surface area contributed by atoms with Gasteiger partial charge in [0.25, 0.3) is 0 Å². The van der Waals surface area contributed by atoms with Crippen LogP contribution in [-0.4, -0.2) is 25.6 Å². The van der Waals surface area contributed by atoms with E-state index < -0.39 is 17.5 Å². The third kappa shape index (κ3) is 2.43. The van der Waals surface area contributed by atoms with Gasteiger partial charge in [-0.25, -0.2) is 9.59 Å². The SMILES string of the molecule is CCOC(=O)c1ccc2c(c1)C1(OC(=O)c3ccccc31)c1ccc(NC)cc1O2. The lowest BCUT2D eigenvalue weighted by atomic mass is 9.77. The van der Waals surface area contributed by atoms with Crippen molar-refractivity contribution in [2.24, 2.45) is 0 Å². The number of ether oxygens (including phenoxy) is 3. The van der Waals surface area contributed by atoms with Crippen LogP contribution >= 0.6 is 0 Å². The summed E-state index contributed by atoms with van der Waals surface area (Å²) >= 11 is 0. The van der Waals surface area contributed by atoms with Crippen molar-refractivity contribution in [2.45, 2.75) is 12.5 Å². The monoisotopic (exact) mass is 401 g/mol. The van der Waals surface area contributed by atoms with E-state index in [2.05, 4.69) is 5.32 Å². The number of benzene rings is 3. The van der Waals surface area contributed by atoms with Crippen LogP contribution in [0, 0.1) is 0 Å². The smallest absolute Gasteiger partial charge is 0.340 e. The molecule has 2 heterocycles. The maximum atomic E-state index is 12.8. The molecule has 6 nitrogen and oxygen atoms in total. The number of fused-ring (bicyclic) bond motifs is 6. The molecule has 0 aromatic heterocycles. The molecule has 2 aliphatic rings. The summed E-state index contributed by atoms with van der Waals surface area (Å²) in [7, 11) is 1.82. The molecule has 0 bridgehead atoms. The van der Waals surface area contributed by atoms with Gasteiger partial charge in [0.15, 0.2) is 5.60 Å². The molecule has 1 atom stereocenters. The average molecular weight is 401 g/mol. The van der Waals surface area contributed by atoms with Gasteiger partial charge in [-0.05, 0) is 43.3 Å². The number of nitrogens with one attached hydrogen (secondary N) is 1. The molecule has 0 saturated heterocycles. The van der Waals surface area contributed by atoms with E-state index in [4.69, 9.17) is 14.2 Å². The fourth-order valence-corrected chi connectivity index (χ4v) is 4.17. The zero-order chi connectivity index (χ0) is 20.9. The Bertz CT molecular complexity index is 1200. The molecule has 1 spiro atoms. The van der Waals surface area contributed by atoms with Gasteiger partial charge in [0.2, 0.25) is 0 Å². The summed E-state index contributed by atoms with van der Waals surface area (Å²) in [6.07, 6.45) is 0. The fourth-order valence-electron chi connectivity index (χ4n) is 4.17. The van der Waals surface area contributed by atoms with Crippen molar-refractivity contribution < 1.29 is 23.8 Å². The largest absolute Gasteiger partial charge is 0.462 e. The summed E-state index contributed by atoms with van der Waals surface area (Å²) in [4.78, 5) is 25.2. The first kappa shape index (κ1) is 18.2. The Labute approximate surface area is 173 Å². The van der Waals surface area contributed by atoms with Crippen LogP contribution in [0.1, 0.15) is 44.3 Å². The van der Waals surface area contributed by atoms with E-state index in [9.17, 15) is 9.59 Å². The molecule has 3 aromatic carbocycles. The van der Waals surface area contributed by atoms with Crippen molar-refractivity contribution in [2.75, 3.05) is 19.0 Å². The van der Waals surface area contributed by atoms with Crippen LogP contribution in [0.4, 0.5) is 5.69 Å². The number of esters is 2. The zero-order valence-electron chi connectivity index (χ0n) is 16.5. The van der Waals surface area contributed by atoms with Gasteiger partial charge in [-0.15, -0.1) is 0 Å². The molecular formula is C24H19NO5. The number of hydrogen-bond acceptors (Lipinski definition) is 6. The highest BCUT2D eigenvalue weighted by molar-refractivity contribution is 5.97. The van der Waals surface area contributed by atoms with Crippen LogP contribution in [0.15, 0.2) is 60.7 Å². The van der Waals surface area contributed by atoms with Gasteiger partial charge >= 0.3 is 11.9 Å². The van der Waals surface area contributed by atoms with Gasteiger partial charge in [0.05, 0.1) is 17.7 Å². The average Bonchev–Trinajstić information content (AvgIpc) is 3.07. The number of carbonyl (C=O) groups excluding carboxylic acids is 2. The predicted octanol–water partition coefficient (Wildman–Crippen LogP) is 4.47. The Hall–Kier alpha value is -3.80. The lowest BCUT2D eigenvalue weighted by Crippen LogP contribution is -2.33. The minimum absolute atomic E-state index is 0.269. The second-order valence-electron chi connectivity index (χ2n) is 7.11. The lowest BCUT2D eigenvalue weighted by Gasteiger charge is -2.36. The topological polar surface area (TPSA) is 73.9 Å². The summed E-state index contributed by atoms with van der Waals surface area (Å²) < 4.78 is 17.4. The third-order valence-electron chi connectivity index (χ3n) is 5.51. The third-order valence-corrected chi connectivity index (χ3v) is 5.51. The van der Waals surface area contributed by atoms with Gasteiger partial charge < -0.3 is 19.5 Å². The Morgan fingerprint density at radius 3 is 2.63 bits per heavy atom. The molecule has 1 unspecified atom stereocenters. The predicted molar refractivity (Wildman–Crippen MR) is 110 cm³/mol. The van der Waals surface area contributed by atoms with Crippen molar-refractivity contribution >= 4 is 17.6 Å². The summed E-state index contributed by atoms with van der Waals surface area (Å²) in [5.74, 6) is 0.254. The maximum absolute atomic E-state index is 12.8. The fraction of sp³-hybridized carbons (Fsp3) is 0.167. The van der Waals surface area contributed by atoms with Crippen LogP contribution in [0.3, 0.4) is 0 Å². The molecule has 2 aliphatic heterocycles. The molecule has 1 N–H and O–H groups in total. The summed E-state index contributed by atoms with van der Waals surface area (Å²) in [5.41, 5.74) is 2.55. The van der Waals surface area contributed by atoms with E-state index in [1.54, 1.807) is 37.3 Å². The normalized spacial score (nSPS) is 18.0. The van der Waals surface area contributed by atoms with Crippen molar-refractivity contribution in [1.82, 2.24) is 0 Å². The highest BCUT2D eigenvalue weighted by atomic mass is 16.6. The van der Waals surface area contributed by atoms with Crippen molar-refractivity contribution in [1.29, 1.82) is 0 Å². The van der Waals surface area contributed by atoms with Crippen LogP contribution < -0.4 is 10.1 Å². The molecule has 0 amide bonds. The van der Waals surface area contributed by atoms with Gasteiger partial charge in [0.1, 0.15) is 11.5 Å². The molecule has 30 heavy (non-hydrogen) atoms. The second-order valence-corrected chi connectivity index (χ2v) is 7.11. The molecule has 0 radical (unpaired) electrons. The van der Waals surface area contributed by atoms with Gasteiger partial charge in [-0.2, -0.15) is 0 Å². The Balaban J connectivity index is 1.81. The van der Waals surface area contributed by atoms with Gasteiger partial charge in [-0.1, -0.05) is 18.2 Å². The van der Waals surface area contributed by atoms with E-state index in [-0.39, 0.29) is 6.61 Å². The quantitative estimate of drug-likeness (QED) is 0.653. The van der Waals surface area contributed by atoms with Crippen LogP contribution in [0.5, 0.6) is 11.5 Å². The summed E-state index contributed by atoms with van der Waals surface area (Å²) in [5, 5.41) is 3.10. The molecule has 6 heteroatoms. The summed E-state index contributed by atoms with van der Waals surface area (Å²) in [6, 6.07) is 18.0. The lowest BCUT2D eigenvalue weighted by molar-refractivity contribution is 0.0224. The van der Waals surface area contributed by atoms with E-state index in [0.29, 0.717) is 33.8 Å². The Morgan fingerprint density at radius 1 is 1.00 bits per heavy atom. The number of anilines is 1. The van der Waals surface area contributed by atoms with E-state index in [1.807, 2.05) is 37.4 Å². The summed E-state index contributed by atoms with van der Waals surface area (Å²) in [6.45, 7) is 2.02. The van der Waals surface area contributed by atoms with Crippen LogP contribution in [-0.2, 0) is 15.1 Å². The first-order valence-corrected chi connectivity index (χ1v) is 9.73. The van der Waals surface area contributed by atoms with Crippen LogP contribution in [0.2, 0.25) is 0 Å². The first-order valence-electron chi connectivity index (χ1n) is 9.73. The van der Waals surface area contributed by atoms with E-state index >= 15 is 0 Å². The Morgan fingerprint density at radius 2 is 1.83 bits per heavy atom. The molecule has 3 aromatic rings. The maximum Gasteiger partial charge on any atom is 0.340 e.